The first kappa shape index (κ1) is 15.4. The maximum atomic E-state index is 12.2. The Labute approximate surface area is 128 Å². The molecule has 1 aromatic carbocycles. The normalized spacial score (nSPS) is 11.8. The van der Waals surface area contributed by atoms with Crippen LogP contribution < -0.4 is 10.1 Å². The summed E-state index contributed by atoms with van der Waals surface area (Å²) in [5.74, 6) is 0.469. The van der Waals surface area contributed by atoms with Gasteiger partial charge in [-0.25, -0.2) is 4.79 Å². The lowest BCUT2D eigenvalue weighted by molar-refractivity contribution is -0.144. The van der Waals surface area contributed by atoms with Crippen molar-refractivity contribution in [1.82, 2.24) is 0 Å². The maximum absolute atomic E-state index is 12.2. The van der Waals surface area contributed by atoms with Gasteiger partial charge in [0.2, 0.25) is 0 Å². The number of ether oxygens (including phenoxy) is 2. The summed E-state index contributed by atoms with van der Waals surface area (Å²) in [6.45, 7) is 4.16. The monoisotopic (exact) mass is 305 g/mol. The molecular weight excluding hydrogens is 286 g/mol. The predicted molar refractivity (Wildman–Crippen MR) is 85.0 cm³/mol. The number of nitrogens with one attached hydrogen (secondary N) is 1. The highest BCUT2D eigenvalue weighted by Crippen LogP contribution is 2.29. The van der Waals surface area contributed by atoms with Gasteiger partial charge in [-0.2, -0.15) is 0 Å². The van der Waals surface area contributed by atoms with Crippen LogP contribution in [-0.2, 0) is 9.53 Å². The largest absolute Gasteiger partial charge is 0.497 e. The topological polar surface area (TPSA) is 47.6 Å². The minimum Gasteiger partial charge on any atom is -0.497 e. The van der Waals surface area contributed by atoms with E-state index < -0.39 is 6.04 Å². The summed E-state index contributed by atoms with van der Waals surface area (Å²) < 4.78 is 10.4. The molecule has 0 bridgehead atoms. The SMILES string of the molecule is CCOC(=O)C(Nc1cccc(OC)c1)c1sccc1C. The summed E-state index contributed by atoms with van der Waals surface area (Å²) in [5.41, 5.74) is 1.90. The van der Waals surface area contributed by atoms with Gasteiger partial charge in [-0.05, 0) is 43.0 Å². The number of aryl methyl sites for hydroxylation is 1. The fourth-order valence-corrected chi connectivity index (χ4v) is 2.98. The number of carbonyl (C=O) groups excluding carboxylic acids is 1. The first-order valence-electron chi connectivity index (χ1n) is 6.77. The first-order chi connectivity index (χ1) is 10.2. The number of hydrogen-bond donors (Lipinski definition) is 1. The Kier molecular flexibility index (Phi) is 5.22. The number of carbonyl (C=O) groups is 1. The fourth-order valence-electron chi connectivity index (χ4n) is 2.02. The van der Waals surface area contributed by atoms with Gasteiger partial charge in [-0.15, -0.1) is 11.3 Å². The zero-order valence-corrected chi connectivity index (χ0v) is 13.2. The Morgan fingerprint density at radius 3 is 2.81 bits per heavy atom. The van der Waals surface area contributed by atoms with Crippen LogP contribution >= 0.6 is 11.3 Å². The lowest BCUT2D eigenvalue weighted by atomic mass is 10.1. The molecule has 1 heterocycles. The van der Waals surface area contributed by atoms with Crippen molar-refractivity contribution in [1.29, 1.82) is 0 Å². The van der Waals surface area contributed by atoms with E-state index in [1.807, 2.05) is 49.6 Å². The molecule has 112 valence electrons. The number of esters is 1. The summed E-state index contributed by atoms with van der Waals surface area (Å²) in [6.07, 6.45) is 0. The van der Waals surface area contributed by atoms with E-state index in [1.54, 1.807) is 18.4 Å². The van der Waals surface area contributed by atoms with E-state index in [2.05, 4.69) is 5.32 Å². The quantitative estimate of drug-likeness (QED) is 0.825. The number of thiophene rings is 1. The van der Waals surface area contributed by atoms with E-state index in [9.17, 15) is 4.79 Å². The molecule has 0 spiro atoms. The van der Waals surface area contributed by atoms with Crippen molar-refractivity contribution in [2.45, 2.75) is 19.9 Å². The number of methoxy groups -OCH3 is 1. The molecule has 2 aromatic rings. The smallest absolute Gasteiger partial charge is 0.334 e. The van der Waals surface area contributed by atoms with E-state index in [4.69, 9.17) is 9.47 Å². The minimum atomic E-state index is -0.503. The second kappa shape index (κ2) is 7.13. The highest BCUT2D eigenvalue weighted by molar-refractivity contribution is 7.10. The van der Waals surface area contributed by atoms with Crippen LogP contribution in [-0.4, -0.2) is 19.7 Å². The lowest BCUT2D eigenvalue weighted by Gasteiger charge is -2.18. The van der Waals surface area contributed by atoms with Gasteiger partial charge in [0, 0.05) is 16.6 Å². The zero-order valence-electron chi connectivity index (χ0n) is 12.4. The van der Waals surface area contributed by atoms with Crippen LogP contribution in [0.2, 0.25) is 0 Å². The standard InChI is InChI=1S/C16H19NO3S/c1-4-20-16(18)14(15-11(2)8-9-21-15)17-12-6-5-7-13(10-12)19-3/h5-10,14,17H,4H2,1-3H3. The third-order valence-corrected chi connectivity index (χ3v) is 4.15. The highest BCUT2D eigenvalue weighted by Gasteiger charge is 2.24. The number of rotatable bonds is 6. The molecule has 0 aliphatic carbocycles. The minimum absolute atomic E-state index is 0.272. The van der Waals surface area contributed by atoms with E-state index in [0.29, 0.717) is 6.61 Å². The molecule has 1 atom stereocenters. The van der Waals surface area contributed by atoms with Crippen LogP contribution in [0.4, 0.5) is 5.69 Å². The second-order valence-corrected chi connectivity index (χ2v) is 5.48. The van der Waals surface area contributed by atoms with Crippen LogP contribution in [0.3, 0.4) is 0 Å². The van der Waals surface area contributed by atoms with Crippen molar-refractivity contribution in [3.8, 4) is 5.75 Å². The highest BCUT2D eigenvalue weighted by atomic mass is 32.1. The van der Waals surface area contributed by atoms with E-state index in [-0.39, 0.29) is 5.97 Å². The van der Waals surface area contributed by atoms with Gasteiger partial charge in [-0.3, -0.25) is 0 Å². The van der Waals surface area contributed by atoms with E-state index in [0.717, 1.165) is 21.9 Å². The lowest BCUT2D eigenvalue weighted by Crippen LogP contribution is -2.23. The molecule has 4 nitrogen and oxygen atoms in total. The molecule has 1 N–H and O–H groups in total. The molecule has 0 fully saturated rings. The summed E-state index contributed by atoms with van der Waals surface area (Å²) in [5, 5.41) is 5.21. The molecule has 1 unspecified atom stereocenters. The van der Waals surface area contributed by atoms with Crippen LogP contribution in [0.5, 0.6) is 5.75 Å². The van der Waals surface area contributed by atoms with Crippen molar-refractivity contribution in [3.05, 3.63) is 46.2 Å². The maximum Gasteiger partial charge on any atom is 0.334 e. The molecule has 5 heteroatoms. The van der Waals surface area contributed by atoms with Gasteiger partial charge in [0.05, 0.1) is 13.7 Å². The molecule has 0 saturated carbocycles. The third kappa shape index (κ3) is 3.76. The van der Waals surface area contributed by atoms with Gasteiger partial charge in [0.25, 0.3) is 0 Å². The molecule has 0 amide bonds. The summed E-state index contributed by atoms with van der Waals surface area (Å²) in [7, 11) is 1.62. The Hall–Kier alpha value is -2.01. The van der Waals surface area contributed by atoms with Crippen molar-refractivity contribution < 1.29 is 14.3 Å². The van der Waals surface area contributed by atoms with Crippen molar-refractivity contribution in [2.75, 3.05) is 19.0 Å². The van der Waals surface area contributed by atoms with Gasteiger partial charge < -0.3 is 14.8 Å². The van der Waals surface area contributed by atoms with Crippen molar-refractivity contribution >= 4 is 23.0 Å². The molecule has 0 saturated heterocycles. The Morgan fingerprint density at radius 2 is 2.19 bits per heavy atom. The average molecular weight is 305 g/mol. The van der Waals surface area contributed by atoms with E-state index >= 15 is 0 Å². The Morgan fingerprint density at radius 1 is 1.38 bits per heavy atom. The average Bonchev–Trinajstić information content (AvgIpc) is 2.91. The fraction of sp³-hybridized carbons (Fsp3) is 0.312. The van der Waals surface area contributed by atoms with Crippen LogP contribution in [0, 0.1) is 6.92 Å². The molecule has 21 heavy (non-hydrogen) atoms. The van der Waals surface area contributed by atoms with Crippen molar-refractivity contribution in [2.24, 2.45) is 0 Å². The molecule has 0 aliphatic rings. The predicted octanol–water partition coefficient (Wildman–Crippen LogP) is 3.78. The number of benzene rings is 1. The molecule has 1 aromatic heterocycles. The van der Waals surface area contributed by atoms with Crippen LogP contribution in [0.25, 0.3) is 0 Å². The van der Waals surface area contributed by atoms with Gasteiger partial charge in [-0.1, -0.05) is 6.07 Å². The van der Waals surface area contributed by atoms with Gasteiger partial charge >= 0.3 is 5.97 Å². The Bertz CT molecular complexity index is 609. The summed E-state index contributed by atoms with van der Waals surface area (Å²) in [6, 6.07) is 9.00. The van der Waals surface area contributed by atoms with Crippen LogP contribution in [0.1, 0.15) is 23.4 Å². The molecular formula is C16H19NO3S. The van der Waals surface area contributed by atoms with E-state index in [1.165, 1.54) is 0 Å². The second-order valence-electron chi connectivity index (χ2n) is 4.53. The van der Waals surface area contributed by atoms with Gasteiger partial charge in [0.1, 0.15) is 5.75 Å². The molecule has 0 radical (unpaired) electrons. The third-order valence-electron chi connectivity index (χ3n) is 3.07. The Balaban J connectivity index is 2.27. The van der Waals surface area contributed by atoms with Gasteiger partial charge in [0.15, 0.2) is 6.04 Å². The molecule has 2 rings (SSSR count). The zero-order chi connectivity index (χ0) is 15.2. The first-order valence-corrected chi connectivity index (χ1v) is 7.65. The summed E-state index contributed by atoms with van der Waals surface area (Å²) in [4.78, 5) is 13.2. The molecule has 0 aliphatic heterocycles. The van der Waals surface area contributed by atoms with Crippen molar-refractivity contribution in [3.63, 3.8) is 0 Å². The number of hydrogen-bond acceptors (Lipinski definition) is 5. The van der Waals surface area contributed by atoms with Crippen LogP contribution in [0.15, 0.2) is 35.7 Å². The summed E-state index contributed by atoms with van der Waals surface area (Å²) >= 11 is 1.55. The number of anilines is 1.